The summed E-state index contributed by atoms with van der Waals surface area (Å²) in [5.41, 5.74) is 2.39. The molecule has 0 radical (unpaired) electrons. The predicted molar refractivity (Wildman–Crippen MR) is 113 cm³/mol. The van der Waals surface area contributed by atoms with Gasteiger partial charge < -0.3 is 19.2 Å². The lowest BCUT2D eigenvalue weighted by Crippen LogP contribution is -2.36. The number of aromatic nitrogens is 3. The molecule has 0 saturated heterocycles. The summed E-state index contributed by atoms with van der Waals surface area (Å²) in [6, 6.07) is 8.80. The minimum Gasteiger partial charge on any atom is -0.486 e. The molecule has 1 aliphatic rings. The van der Waals surface area contributed by atoms with E-state index in [0.717, 1.165) is 11.1 Å². The van der Waals surface area contributed by atoms with E-state index in [-0.39, 0.29) is 24.1 Å². The lowest BCUT2D eigenvalue weighted by atomic mass is 10.1. The molecular formula is C22H22N4O5. The number of furan rings is 1. The third-order valence-electron chi connectivity index (χ3n) is 5.42. The van der Waals surface area contributed by atoms with Crippen molar-refractivity contribution in [3.8, 4) is 11.5 Å². The Hall–Kier alpha value is -3.75. The zero-order valence-corrected chi connectivity index (χ0v) is 17.3. The van der Waals surface area contributed by atoms with Crippen molar-refractivity contribution >= 4 is 22.5 Å². The van der Waals surface area contributed by atoms with Gasteiger partial charge in [-0.2, -0.15) is 5.10 Å². The van der Waals surface area contributed by atoms with Crippen LogP contribution in [0.25, 0.3) is 16.6 Å². The van der Waals surface area contributed by atoms with Crippen molar-refractivity contribution in [2.75, 3.05) is 13.2 Å². The lowest BCUT2D eigenvalue weighted by Gasteiger charge is -2.21. The molecule has 4 aromatic rings. The Kier molecular flexibility index (Phi) is 4.65. The number of carbonyl (C=O) groups excluding carboxylic acids is 1. The summed E-state index contributed by atoms with van der Waals surface area (Å²) in [5.74, 6) is 1.73. The Balaban J connectivity index is 1.39. The first-order valence-corrected chi connectivity index (χ1v) is 10.2. The van der Waals surface area contributed by atoms with Crippen molar-refractivity contribution in [1.82, 2.24) is 19.5 Å². The van der Waals surface area contributed by atoms with Crippen LogP contribution in [0.15, 0.2) is 45.8 Å². The molecule has 0 aliphatic carbocycles. The van der Waals surface area contributed by atoms with Gasteiger partial charge in [-0.1, -0.05) is 13.0 Å². The largest absolute Gasteiger partial charge is 0.486 e. The summed E-state index contributed by atoms with van der Waals surface area (Å²) in [7, 11) is 0. The number of ether oxygens (including phenoxy) is 2. The zero-order valence-electron chi connectivity index (χ0n) is 17.3. The van der Waals surface area contributed by atoms with Crippen molar-refractivity contribution in [3.63, 3.8) is 0 Å². The first-order valence-electron chi connectivity index (χ1n) is 10.2. The fourth-order valence-corrected chi connectivity index (χ4v) is 3.89. The number of rotatable bonds is 5. The van der Waals surface area contributed by atoms with Gasteiger partial charge in [-0.05, 0) is 24.6 Å². The molecule has 4 heterocycles. The van der Waals surface area contributed by atoms with Crippen LogP contribution in [0, 0.1) is 0 Å². The van der Waals surface area contributed by atoms with E-state index in [1.165, 1.54) is 4.68 Å². The van der Waals surface area contributed by atoms with Crippen LogP contribution in [-0.2, 0) is 17.8 Å². The number of amides is 1. The first kappa shape index (κ1) is 19.2. The van der Waals surface area contributed by atoms with E-state index in [2.05, 4.69) is 10.4 Å². The Labute approximate surface area is 177 Å². The maximum atomic E-state index is 12.9. The molecule has 0 bridgehead atoms. The molecule has 1 atom stereocenters. The average molecular weight is 422 g/mol. The molecule has 0 fully saturated rings. The SMILES string of the molecule is CCc1nn(CC(=O)N[C@H](C)c2ccc3c(c2)OCCO3)c(=O)c2cc3occc3n12. The molecule has 31 heavy (non-hydrogen) atoms. The minimum absolute atomic E-state index is 0.177. The van der Waals surface area contributed by atoms with E-state index in [1.807, 2.05) is 32.0 Å². The van der Waals surface area contributed by atoms with Crippen LogP contribution in [0.2, 0.25) is 0 Å². The molecule has 0 spiro atoms. The Bertz CT molecular complexity index is 1350. The molecule has 1 N–H and O–H groups in total. The molecule has 9 heteroatoms. The van der Waals surface area contributed by atoms with E-state index in [4.69, 9.17) is 13.9 Å². The highest BCUT2D eigenvalue weighted by atomic mass is 16.6. The Morgan fingerprint density at radius 1 is 1.16 bits per heavy atom. The predicted octanol–water partition coefficient (Wildman–Crippen LogP) is 2.45. The number of hydrogen-bond donors (Lipinski definition) is 1. The van der Waals surface area contributed by atoms with Crippen LogP contribution in [0.5, 0.6) is 11.5 Å². The molecule has 160 valence electrons. The Morgan fingerprint density at radius 2 is 1.97 bits per heavy atom. The van der Waals surface area contributed by atoms with Crippen molar-refractivity contribution < 1.29 is 18.7 Å². The summed E-state index contributed by atoms with van der Waals surface area (Å²) < 4.78 is 19.6. The molecule has 1 aliphatic heterocycles. The summed E-state index contributed by atoms with van der Waals surface area (Å²) in [6.07, 6.45) is 2.18. The molecule has 3 aromatic heterocycles. The van der Waals surface area contributed by atoms with Gasteiger partial charge in [-0.15, -0.1) is 0 Å². The van der Waals surface area contributed by atoms with E-state index in [1.54, 1.807) is 22.8 Å². The highest BCUT2D eigenvalue weighted by Gasteiger charge is 2.19. The highest BCUT2D eigenvalue weighted by Crippen LogP contribution is 2.32. The summed E-state index contributed by atoms with van der Waals surface area (Å²) >= 11 is 0. The second-order valence-electron chi connectivity index (χ2n) is 7.46. The van der Waals surface area contributed by atoms with Crippen molar-refractivity contribution in [1.29, 1.82) is 0 Å². The third-order valence-corrected chi connectivity index (χ3v) is 5.42. The van der Waals surface area contributed by atoms with Gasteiger partial charge in [0.2, 0.25) is 5.91 Å². The average Bonchev–Trinajstić information content (AvgIpc) is 3.37. The third kappa shape index (κ3) is 3.31. The van der Waals surface area contributed by atoms with E-state index in [9.17, 15) is 9.59 Å². The molecule has 0 saturated carbocycles. The van der Waals surface area contributed by atoms with Gasteiger partial charge in [0.25, 0.3) is 5.56 Å². The summed E-state index contributed by atoms with van der Waals surface area (Å²) in [6.45, 7) is 4.67. The van der Waals surface area contributed by atoms with E-state index >= 15 is 0 Å². The fourth-order valence-electron chi connectivity index (χ4n) is 3.89. The normalized spacial score (nSPS) is 14.1. The van der Waals surface area contributed by atoms with Gasteiger partial charge in [0, 0.05) is 18.6 Å². The number of benzene rings is 1. The van der Waals surface area contributed by atoms with Crippen molar-refractivity contribution in [2.24, 2.45) is 0 Å². The second-order valence-corrected chi connectivity index (χ2v) is 7.46. The summed E-state index contributed by atoms with van der Waals surface area (Å²) in [4.78, 5) is 25.6. The quantitative estimate of drug-likeness (QED) is 0.530. The molecular weight excluding hydrogens is 400 g/mol. The highest BCUT2D eigenvalue weighted by molar-refractivity contribution is 5.82. The number of fused-ring (bicyclic) bond motifs is 4. The van der Waals surface area contributed by atoms with Crippen molar-refractivity contribution in [3.05, 3.63) is 58.3 Å². The van der Waals surface area contributed by atoms with Crippen LogP contribution < -0.4 is 20.3 Å². The lowest BCUT2D eigenvalue weighted by molar-refractivity contribution is -0.122. The number of nitrogens with one attached hydrogen (secondary N) is 1. The van der Waals surface area contributed by atoms with Gasteiger partial charge in [-0.25, -0.2) is 4.68 Å². The van der Waals surface area contributed by atoms with Crippen LogP contribution in [0.3, 0.4) is 0 Å². The smallest absolute Gasteiger partial charge is 0.291 e. The molecule has 5 rings (SSSR count). The zero-order chi connectivity index (χ0) is 21.5. The van der Waals surface area contributed by atoms with Gasteiger partial charge in [0.15, 0.2) is 17.1 Å². The van der Waals surface area contributed by atoms with Crippen LogP contribution in [-0.4, -0.2) is 33.3 Å². The first-order chi connectivity index (χ1) is 15.0. The van der Waals surface area contributed by atoms with Gasteiger partial charge in [0.05, 0.1) is 17.8 Å². The molecule has 0 unspecified atom stereocenters. The van der Waals surface area contributed by atoms with Crippen LogP contribution in [0.4, 0.5) is 0 Å². The number of hydrogen-bond acceptors (Lipinski definition) is 6. The number of nitrogens with zero attached hydrogens (tertiary/aromatic N) is 3. The maximum absolute atomic E-state index is 12.9. The maximum Gasteiger partial charge on any atom is 0.291 e. The van der Waals surface area contributed by atoms with Crippen LogP contribution >= 0.6 is 0 Å². The van der Waals surface area contributed by atoms with Gasteiger partial charge in [-0.3, -0.25) is 14.0 Å². The summed E-state index contributed by atoms with van der Waals surface area (Å²) in [5, 5.41) is 7.35. The number of carbonyl (C=O) groups is 1. The van der Waals surface area contributed by atoms with Gasteiger partial charge in [0.1, 0.15) is 31.1 Å². The van der Waals surface area contributed by atoms with Crippen LogP contribution in [0.1, 0.15) is 31.3 Å². The van der Waals surface area contributed by atoms with E-state index < -0.39 is 0 Å². The molecule has 1 amide bonds. The minimum atomic E-state index is -0.342. The Morgan fingerprint density at radius 3 is 2.77 bits per heavy atom. The monoisotopic (exact) mass is 422 g/mol. The molecule has 1 aromatic carbocycles. The standard InChI is InChI=1S/C22H22N4O5/c1-3-20-24-25(22(28)16-11-18-15(26(16)20)6-7-29-18)12-21(27)23-13(2)14-4-5-17-19(10-14)31-9-8-30-17/h4-7,10-11,13H,3,8-9,12H2,1-2H3,(H,23,27)/t13-/m1/s1. The number of aryl methyl sites for hydroxylation is 1. The topological polar surface area (TPSA) is 100 Å². The fraction of sp³-hybridized carbons (Fsp3) is 0.318. The van der Waals surface area contributed by atoms with Gasteiger partial charge >= 0.3 is 0 Å². The second kappa shape index (κ2) is 7.50. The van der Waals surface area contributed by atoms with Crippen molar-refractivity contribution in [2.45, 2.75) is 32.9 Å². The molecule has 9 nitrogen and oxygen atoms in total. The van der Waals surface area contributed by atoms with E-state index in [0.29, 0.717) is 48.1 Å².